The molecule has 2 heterocycles. The molecule has 17 heavy (non-hydrogen) atoms. The van der Waals surface area contributed by atoms with Gasteiger partial charge in [0.2, 0.25) is 0 Å². The molecule has 90 valence electrons. The zero-order valence-electron chi connectivity index (χ0n) is 9.54. The first-order valence-electron chi connectivity index (χ1n) is 5.09. The number of pyridine rings is 1. The maximum absolute atomic E-state index is 6.03. The molecule has 0 radical (unpaired) electrons. The van der Waals surface area contributed by atoms with Crippen molar-refractivity contribution in [1.29, 1.82) is 0 Å². The van der Waals surface area contributed by atoms with E-state index < -0.39 is 0 Å². The van der Waals surface area contributed by atoms with E-state index in [1.165, 1.54) is 0 Å². The van der Waals surface area contributed by atoms with Crippen molar-refractivity contribution in [3.8, 4) is 0 Å². The molecule has 0 amide bonds. The highest BCUT2D eigenvalue weighted by molar-refractivity contribution is 6.34. The van der Waals surface area contributed by atoms with E-state index in [1.807, 2.05) is 18.5 Å². The SMILES string of the molecule is Cc1cc(Cl)nc(Cl)c1NCc1cncn1C. The van der Waals surface area contributed by atoms with Crippen LogP contribution in [-0.2, 0) is 13.6 Å². The van der Waals surface area contributed by atoms with Crippen LogP contribution in [0.15, 0.2) is 18.6 Å². The minimum absolute atomic E-state index is 0.386. The van der Waals surface area contributed by atoms with Crippen LogP contribution in [0, 0.1) is 6.92 Å². The highest BCUT2D eigenvalue weighted by Gasteiger charge is 2.08. The average molecular weight is 271 g/mol. The molecule has 0 saturated carbocycles. The second-order valence-electron chi connectivity index (χ2n) is 3.78. The second kappa shape index (κ2) is 4.94. The molecule has 0 bridgehead atoms. The van der Waals surface area contributed by atoms with E-state index in [0.29, 0.717) is 16.9 Å². The Labute approximate surface area is 110 Å². The summed E-state index contributed by atoms with van der Waals surface area (Å²) in [4.78, 5) is 8.05. The first-order chi connectivity index (χ1) is 8.08. The Bertz CT molecular complexity index is 513. The van der Waals surface area contributed by atoms with Crippen LogP contribution in [0.2, 0.25) is 10.3 Å². The fourth-order valence-corrected chi connectivity index (χ4v) is 2.14. The number of aryl methyl sites for hydroxylation is 2. The summed E-state index contributed by atoms with van der Waals surface area (Å²) in [6.45, 7) is 2.57. The average Bonchev–Trinajstić information content (AvgIpc) is 2.62. The van der Waals surface area contributed by atoms with Crippen molar-refractivity contribution in [2.45, 2.75) is 13.5 Å². The number of hydrogen-bond acceptors (Lipinski definition) is 3. The molecule has 0 fully saturated rings. The predicted molar refractivity (Wildman–Crippen MR) is 69.5 cm³/mol. The van der Waals surface area contributed by atoms with Crippen LogP contribution in [0.4, 0.5) is 5.69 Å². The Morgan fingerprint density at radius 3 is 2.76 bits per heavy atom. The molecule has 0 aliphatic rings. The minimum atomic E-state index is 0.386. The maximum atomic E-state index is 6.03. The summed E-state index contributed by atoms with van der Waals surface area (Å²) >= 11 is 11.8. The van der Waals surface area contributed by atoms with Gasteiger partial charge in [-0.25, -0.2) is 9.97 Å². The van der Waals surface area contributed by atoms with Crippen LogP contribution in [-0.4, -0.2) is 14.5 Å². The molecule has 1 N–H and O–H groups in total. The lowest BCUT2D eigenvalue weighted by Gasteiger charge is -2.11. The normalized spacial score (nSPS) is 10.6. The van der Waals surface area contributed by atoms with Gasteiger partial charge in [-0.3, -0.25) is 0 Å². The lowest BCUT2D eigenvalue weighted by Crippen LogP contribution is -2.06. The van der Waals surface area contributed by atoms with Crippen molar-refractivity contribution < 1.29 is 0 Å². The number of imidazole rings is 1. The third-order valence-corrected chi connectivity index (χ3v) is 2.97. The minimum Gasteiger partial charge on any atom is -0.377 e. The third kappa shape index (κ3) is 2.70. The van der Waals surface area contributed by atoms with Gasteiger partial charge in [0.15, 0.2) is 5.15 Å². The summed E-state index contributed by atoms with van der Waals surface area (Å²) in [6.07, 6.45) is 3.56. The first-order valence-corrected chi connectivity index (χ1v) is 5.85. The Morgan fingerprint density at radius 2 is 2.18 bits per heavy atom. The van der Waals surface area contributed by atoms with E-state index in [0.717, 1.165) is 16.9 Å². The molecule has 0 aromatic carbocycles. The van der Waals surface area contributed by atoms with E-state index in [2.05, 4.69) is 15.3 Å². The number of anilines is 1. The summed E-state index contributed by atoms with van der Waals surface area (Å²) in [5, 5.41) is 4.03. The Hall–Kier alpha value is -1.26. The molecule has 0 unspecified atom stereocenters. The van der Waals surface area contributed by atoms with E-state index in [4.69, 9.17) is 23.2 Å². The number of aromatic nitrogens is 3. The first kappa shape index (κ1) is 12.2. The number of halogens is 2. The largest absolute Gasteiger partial charge is 0.377 e. The highest BCUT2D eigenvalue weighted by Crippen LogP contribution is 2.26. The molecular formula is C11H12Cl2N4. The molecule has 2 aromatic rings. The topological polar surface area (TPSA) is 42.7 Å². The van der Waals surface area contributed by atoms with E-state index in [-0.39, 0.29) is 0 Å². The monoisotopic (exact) mass is 270 g/mol. The van der Waals surface area contributed by atoms with Gasteiger partial charge < -0.3 is 9.88 Å². The molecule has 2 aromatic heterocycles. The Morgan fingerprint density at radius 1 is 1.41 bits per heavy atom. The number of nitrogens with zero attached hydrogens (tertiary/aromatic N) is 3. The van der Waals surface area contributed by atoms with Gasteiger partial charge in [-0.15, -0.1) is 0 Å². The smallest absolute Gasteiger partial charge is 0.154 e. The molecule has 6 heteroatoms. The van der Waals surface area contributed by atoms with Crippen LogP contribution in [0.3, 0.4) is 0 Å². The van der Waals surface area contributed by atoms with E-state index >= 15 is 0 Å². The van der Waals surface area contributed by atoms with Gasteiger partial charge in [0.1, 0.15) is 5.15 Å². The summed E-state index contributed by atoms with van der Waals surface area (Å²) in [6, 6.07) is 1.78. The molecule has 0 spiro atoms. The number of hydrogen-bond donors (Lipinski definition) is 1. The van der Waals surface area contributed by atoms with Crippen LogP contribution in [0.5, 0.6) is 0 Å². The van der Waals surface area contributed by atoms with Gasteiger partial charge in [0, 0.05) is 13.2 Å². The summed E-state index contributed by atoms with van der Waals surface area (Å²) in [5.74, 6) is 0. The fourth-order valence-electron chi connectivity index (χ4n) is 1.54. The molecule has 0 saturated heterocycles. The van der Waals surface area contributed by atoms with E-state index in [1.54, 1.807) is 18.6 Å². The summed E-state index contributed by atoms with van der Waals surface area (Å²) in [5.41, 5.74) is 2.84. The highest BCUT2D eigenvalue weighted by atomic mass is 35.5. The molecule has 0 atom stereocenters. The molecule has 2 rings (SSSR count). The standard InChI is InChI=1S/C11H12Cl2N4/c1-7-3-9(12)16-11(13)10(7)15-5-8-4-14-6-17(8)2/h3-4,6,15H,5H2,1-2H3. The second-order valence-corrected chi connectivity index (χ2v) is 4.52. The maximum Gasteiger partial charge on any atom is 0.154 e. The quantitative estimate of drug-likeness (QED) is 0.872. The van der Waals surface area contributed by atoms with Crippen molar-refractivity contribution in [2.75, 3.05) is 5.32 Å². The van der Waals surface area contributed by atoms with Crippen LogP contribution < -0.4 is 5.32 Å². The molecule has 0 aliphatic heterocycles. The van der Waals surface area contributed by atoms with E-state index in [9.17, 15) is 0 Å². The summed E-state index contributed by atoms with van der Waals surface area (Å²) < 4.78 is 1.94. The van der Waals surface area contributed by atoms with Crippen molar-refractivity contribution in [3.05, 3.63) is 40.2 Å². The summed E-state index contributed by atoms with van der Waals surface area (Å²) in [7, 11) is 1.94. The lowest BCUT2D eigenvalue weighted by atomic mass is 10.2. The van der Waals surface area contributed by atoms with Crippen LogP contribution in [0.1, 0.15) is 11.3 Å². The Balaban J connectivity index is 2.17. The lowest BCUT2D eigenvalue weighted by molar-refractivity contribution is 0.837. The van der Waals surface area contributed by atoms with Gasteiger partial charge in [-0.05, 0) is 18.6 Å². The Kier molecular flexibility index (Phi) is 3.54. The fraction of sp³-hybridized carbons (Fsp3) is 0.273. The van der Waals surface area contributed by atoms with Crippen molar-refractivity contribution in [1.82, 2.24) is 14.5 Å². The zero-order valence-corrected chi connectivity index (χ0v) is 11.0. The molecular weight excluding hydrogens is 259 g/mol. The van der Waals surface area contributed by atoms with Crippen molar-refractivity contribution >= 4 is 28.9 Å². The number of rotatable bonds is 3. The molecule has 4 nitrogen and oxygen atoms in total. The van der Waals surface area contributed by atoms with Gasteiger partial charge in [-0.1, -0.05) is 23.2 Å². The number of nitrogens with one attached hydrogen (secondary N) is 1. The van der Waals surface area contributed by atoms with Crippen LogP contribution >= 0.6 is 23.2 Å². The van der Waals surface area contributed by atoms with Crippen molar-refractivity contribution in [3.63, 3.8) is 0 Å². The molecule has 0 aliphatic carbocycles. The van der Waals surface area contributed by atoms with Crippen LogP contribution in [0.25, 0.3) is 0 Å². The third-order valence-electron chi connectivity index (χ3n) is 2.50. The van der Waals surface area contributed by atoms with Gasteiger partial charge in [0.25, 0.3) is 0 Å². The predicted octanol–water partition coefficient (Wildman–Crippen LogP) is 3.04. The van der Waals surface area contributed by atoms with Crippen molar-refractivity contribution in [2.24, 2.45) is 7.05 Å². The van der Waals surface area contributed by atoms with Gasteiger partial charge in [-0.2, -0.15) is 0 Å². The van der Waals surface area contributed by atoms with Gasteiger partial charge >= 0.3 is 0 Å². The zero-order chi connectivity index (χ0) is 12.4. The van der Waals surface area contributed by atoms with Gasteiger partial charge in [0.05, 0.1) is 24.3 Å².